The third kappa shape index (κ3) is 3.11. The van der Waals surface area contributed by atoms with Crippen LogP contribution in [-0.4, -0.2) is 34.0 Å². The van der Waals surface area contributed by atoms with Crippen LogP contribution in [0.2, 0.25) is 0 Å². The predicted molar refractivity (Wildman–Crippen MR) is 77.1 cm³/mol. The van der Waals surface area contributed by atoms with Gasteiger partial charge in [-0.05, 0) is 19.4 Å². The zero-order chi connectivity index (χ0) is 14.7. The van der Waals surface area contributed by atoms with Crippen molar-refractivity contribution in [1.29, 1.82) is 0 Å². The highest BCUT2D eigenvalue weighted by Crippen LogP contribution is 2.30. The van der Waals surface area contributed by atoms with Gasteiger partial charge in [0.05, 0.1) is 12.6 Å². The summed E-state index contributed by atoms with van der Waals surface area (Å²) in [5.74, 6) is 0.815. The molecule has 0 radical (unpaired) electrons. The lowest BCUT2D eigenvalue weighted by Crippen LogP contribution is -2.39. The highest BCUT2D eigenvalue weighted by molar-refractivity contribution is 5.76. The molecule has 0 unspecified atom stereocenters. The fourth-order valence-corrected chi connectivity index (χ4v) is 2.74. The minimum Gasteiger partial charge on any atom is -0.369 e. The van der Waals surface area contributed by atoms with Crippen LogP contribution in [0.1, 0.15) is 31.2 Å². The van der Waals surface area contributed by atoms with Gasteiger partial charge in [0.15, 0.2) is 0 Å². The maximum Gasteiger partial charge on any atom is 0.244 e. The number of amides is 1. The van der Waals surface area contributed by atoms with E-state index < -0.39 is 0 Å². The van der Waals surface area contributed by atoms with E-state index in [1.165, 1.54) is 0 Å². The monoisotopic (exact) mass is 286 g/mol. The van der Waals surface area contributed by atoms with Gasteiger partial charge in [-0.15, -0.1) is 0 Å². The zero-order valence-corrected chi connectivity index (χ0v) is 11.7. The van der Waals surface area contributed by atoms with Crippen molar-refractivity contribution in [1.82, 2.24) is 15.0 Å². The van der Waals surface area contributed by atoms with E-state index in [4.69, 9.17) is 10.3 Å². The summed E-state index contributed by atoms with van der Waals surface area (Å²) in [4.78, 5) is 17.7. The van der Waals surface area contributed by atoms with Crippen LogP contribution in [0, 0.1) is 0 Å². The lowest BCUT2D eigenvalue weighted by Gasteiger charge is -2.32. The molecule has 0 spiro atoms. The number of benzene rings is 1. The first kappa shape index (κ1) is 13.8. The van der Waals surface area contributed by atoms with Crippen LogP contribution in [0.3, 0.4) is 0 Å². The summed E-state index contributed by atoms with van der Waals surface area (Å²) in [6, 6.07) is 9.68. The van der Waals surface area contributed by atoms with Crippen molar-refractivity contribution in [2.24, 2.45) is 5.73 Å². The first-order chi connectivity index (χ1) is 10.2. The van der Waals surface area contributed by atoms with Gasteiger partial charge in [0.25, 0.3) is 0 Å². The summed E-state index contributed by atoms with van der Waals surface area (Å²) < 4.78 is 5.42. The Labute approximate surface area is 122 Å². The van der Waals surface area contributed by atoms with Gasteiger partial charge in [0.2, 0.25) is 17.6 Å². The average Bonchev–Trinajstić information content (AvgIpc) is 2.98. The Morgan fingerprint density at radius 3 is 2.90 bits per heavy atom. The van der Waals surface area contributed by atoms with Gasteiger partial charge in [0, 0.05) is 5.56 Å². The van der Waals surface area contributed by atoms with E-state index in [0.717, 1.165) is 31.4 Å². The molecule has 1 aliphatic rings. The number of nitrogens with two attached hydrogens (primary N) is 1. The summed E-state index contributed by atoms with van der Waals surface area (Å²) in [5.41, 5.74) is 6.23. The number of piperidine rings is 1. The summed E-state index contributed by atoms with van der Waals surface area (Å²) in [7, 11) is 0. The number of likely N-dealkylation sites (tertiary alicyclic amines) is 1. The molecule has 21 heavy (non-hydrogen) atoms. The first-order valence-corrected chi connectivity index (χ1v) is 7.15. The summed E-state index contributed by atoms with van der Waals surface area (Å²) in [6.07, 6.45) is 3.05. The van der Waals surface area contributed by atoms with Gasteiger partial charge in [-0.1, -0.05) is 41.9 Å². The van der Waals surface area contributed by atoms with Crippen molar-refractivity contribution in [3.8, 4) is 11.4 Å². The lowest BCUT2D eigenvalue weighted by atomic mass is 10.0. The Morgan fingerprint density at radius 2 is 2.14 bits per heavy atom. The van der Waals surface area contributed by atoms with Gasteiger partial charge >= 0.3 is 0 Å². The molecular formula is C15H18N4O2. The molecule has 6 nitrogen and oxygen atoms in total. The lowest BCUT2D eigenvalue weighted by molar-refractivity contribution is -0.120. The van der Waals surface area contributed by atoms with Crippen LogP contribution in [0.5, 0.6) is 0 Å². The van der Waals surface area contributed by atoms with E-state index in [1.54, 1.807) is 0 Å². The molecule has 110 valence electrons. The van der Waals surface area contributed by atoms with E-state index in [1.807, 2.05) is 35.2 Å². The minimum absolute atomic E-state index is 0.0174. The van der Waals surface area contributed by atoms with Crippen molar-refractivity contribution in [2.75, 3.05) is 13.1 Å². The second kappa shape index (κ2) is 6.05. The molecule has 0 saturated carbocycles. The van der Waals surface area contributed by atoms with Crippen LogP contribution >= 0.6 is 0 Å². The topological polar surface area (TPSA) is 85.3 Å². The van der Waals surface area contributed by atoms with E-state index in [9.17, 15) is 4.79 Å². The normalized spacial score (nSPS) is 19.5. The molecule has 1 amide bonds. The largest absolute Gasteiger partial charge is 0.369 e. The van der Waals surface area contributed by atoms with Crippen molar-refractivity contribution in [2.45, 2.75) is 25.3 Å². The van der Waals surface area contributed by atoms with Gasteiger partial charge in [0.1, 0.15) is 0 Å². The highest BCUT2D eigenvalue weighted by Gasteiger charge is 2.29. The smallest absolute Gasteiger partial charge is 0.244 e. The number of carbonyl (C=O) groups is 1. The number of hydrogen-bond acceptors (Lipinski definition) is 5. The summed E-state index contributed by atoms with van der Waals surface area (Å²) in [6.45, 7) is 1.06. The molecule has 1 aromatic heterocycles. The van der Waals surface area contributed by atoms with Gasteiger partial charge in [-0.3, -0.25) is 9.69 Å². The van der Waals surface area contributed by atoms with Gasteiger partial charge < -0.3 is 10.3 Å². The van der Waals surface area contributed by atoms with Crippen LogP contribution in [0.25, 0.3) is 11.4 Å². The quantitative estimate of drug-likeness (QED) is 0.925. The van der Waals surface area contributed by atoms with Gasteiger partial charge in [-0.25, -0.2) is 0 Å². The molecule has 3 rings (SSSR count). The number of carbonyl (C=O) groups excluding carboxylic acids is 1. The molecule has 2 aromatic rings. The van der Waals surface area contributed by atoms with E-state index in [0.29, 0.717) is 11.7 Å². The molecule has 1 aromatic carbocycles. The molecule has 2 N–H and O–H groups in total. The van der Waals surface area contributed by atoms with E-state index >= 15 is 0 Å². The number of aromatic nitrogens is 2. The molecule has 0 aliphatic carbocycles. The van der Waals surface area contributed by atoms with E-state index in [-0.39, 0.29) is 18.5 Å². The first-order valence-electron chi connectivity index (χ1n) is 7.15. The molecule has 1 saturated heterocycles. The number of rotatable bonds is 4. The SMILES string of the molecule is NC(=O)CN1CCCC[C@@H]1c1nc(-c2ccccc2)no1. The fourth-order valence-electron chi connectivity index (χ4n) is 2.74. The van der Waals surface area contributed by atoms with Crippen LogP contribution < -0.4 is 5.73 Å². The van der Waals surface area contributed by atoms with Crippen molar-refractivity contribution in [3.05, 3.63) is 36.2 Å². The maximum atomic E-state index is 11.2. The molecule has 0 bridgehead atoms. The second-order valence-corrected chi connectivity index (χ2v) is 5.27. The van der Waals surface area contributed by atoms with Crippen molar-refractivity contribution < 1.29 is 9.32 Å². The summed E-state index contributed by atoms with van der Waals surface area (Å²) >= 11 is 0. The molecule has 6 heteroatoms. The Bertz CT molecular complexity index is 611. The Hall–Kier alpha value is -2.21. The zero-order valence-electron chi connectivity index (χ0n) is 11.7. The van der Waals surface area contributed by atoms with Gasteiger partial charge in [-0.2, -0.15) is 4.98 Å². The Balaban J connectivity index is 1.82. The minimum atomic E-state index is -0.329. The molecule has 1 atom stereocenters. The van der Waals surface area contributed by atoms with Crippen LogP contribution in [0.15, 0.2) is 34.9 Å². The van der Waals surface area contributed by atoms with Crippen LogP contribution in [-0.2, 0) is 4.79 Å². The Kier molecular flexibility index (Phi) is 3.96. The number of nitrogens with zero attached hydrogens (tertiary/aromatic N) is 3. The molecule has 2 heterocycles. The number of hydrogen-bond donors (Lipinski definition) is 1. The second-order valence-electron chi connectivity index (χ2n) is 5.27. The third-order valence-electron chi connectivity index (χ3n) is 3.73. The average molecular weight is 286 g/mol. The molecule has 1 fully saturated rings. The Morgan fingerprint density at radius 1 is 1.33 bits per heavy atom. The summed E-state index contributed by atoms with van der Waals surface area (Å²) in [5, 5.41) is 4.05. The fraction of sp³-hybridized carbons (Fsp3) is 0.400. The highest BCUT2D eigenvalue weighted by atomic mass is 16.5. The molecular weight excluding hydrogens is 268 g/mol. The third-order valence-corrected chi connectivity index (χ3v) is 3.73. The maximum absolute atomic E-state index is 11.2. The molecule has 1 aliphatic heterocycles. The van der Waals surface area contributed by atoms with Crippen molar-refractivity contribution in [3.63, 3.8) is 0 Å². The van der Waals surface area contributed by atoms with E-state index in [2.05, 4.69) is 10.1 Å². The van der Waals surface area contributed by atoms with Crippen LogP contribution in [0.4, 0.5) is 0 Å². The number of primary amides is 1. The predicted octanol–water partition coefficient (Wildman–Crippen LogP) is 1.75. The van der Waals surface area contributed by atoms with Crippen molar-refractivity contribution >= 4 is 5.91 Å². The standard InChI is InChI=1S/C15H18N4O2/c16-13(20)10-19-9-5-4-8-12(19)15-17-14(18-21-15)11-6-2-1-3-7-11/h1-3,6-7,12H,4-5,8-10H2,(H2,16,20)/t12-/m1/s1.